The maximum absolute atomic E-state index is 12.9. The number of benzene rings is 2. The number of halogens is 2. The first-order chi connectivity index (χ1) is 12.6. The van der Waals surface area contributed by atoms with Crippen LogP contribution in [0.5, 0.6) is 0 Å². The van der Waals surface area contributed by atoms with Crippen LogP contribution in [0.25, 0.3) is 11.5 Å². The van der Waals surface area contributed by atoms with Gasteiger partial charge in [-0.2, -0.15) is 0 Å². The highest BCUT2D eigenvalue weighted by Gasteiger charge is 2.20. The number of hydrogen-bond donors (Lipinski definition) is 0. The molecule has 0 saturated carbocycles. The van der Waals surface area contributed by atoms with Crippen LogP contribution in [0.3, 0.4) is 0 Å². The zero-order valence-electron chi connectivity index (χ0n) is 14.2. The molecule has 5 nitrogen and oxygen atoms in total. The fourth-order valence-corrected chi connectivity index (χ4v) is 3.22. The van der Waals surface area contributed by atoms with Gasteiger partial charge < -0.3 is 9.32 Å². The predicted octanol–water partition coefficient (Wildman–Crippen LogP) is 5.20. The number of nitrogens with zero attached hydrogens (tertiary/aromatic N) is 3. The van der Waals surface area contributed by atoms with Crippen molar-refractivity contribution in [1.29, 1.82) is 0 Å². The SMILES string of the molecule is CCCN(Cc1nnc(-c2ccccc2Cl)o1)C(=O)c1ccccc1Br. The van der Waals surface area contributed by atoms with E-state index in [1.165, 1.54) is 0 Å². The second-order valence-electron chi connectivity index (χ2n) is 5.69. The Morgan fingerprint density at radius 1 is 1.15 bits per heavy atom. The van der Waals surface area contributed by atoms with Gasteiger partial charge in [-0.25, -0.2) is 0 Å². The van der Waals surface area contributed by atoms with E-state index in [-0.39, 0.29) is 12.5 Å². The predicted molar refractivity (Wildman–Crippen MR) is 104 cm³/mol. The van der Waals surface area contributed by atoms with Gasteiger partial charge in [-0.05, 0) is 46.6 Å². The molecule has 0 unspecified atom stereocenters. The summed E-state index contributed by atoms with van der Waals surface area (Å²) in [5, 5.41) is 8.67. The van der Waals surface area contributed by atoms with Crippen LogP contribution in [-0.4, -0.2) is 27.5 Å². The topological polar surface area (TPSA) is 59.2 Å². The number of carbonyl (C=O) groups excluding carboxylic acids is 1. The molecule has 26 heavy (non-hydrogen) atoms. The van der Waals surface area contributed by atoms with Gasteiger partial charge in [-0.1, -0.05) is 42.8 Å². The maximum atomic E-state index is 12.9. The van der Waals surface area contributed by atoms with Gasteiger partial charge in [-0.3, -0.25) is 4.79 Å². The number of rotatable bonds is 6. The Labute approximate surface area is 165 Å². The van der Waals surface area contributed by atoms with Crippen LogP contribution in [-0.2, 0) is 6.54 Å². The molecule has 0 spiro atoms. The second kappa shape index (κ2) is 8.47. The highest BCUT2D eigenvalue weighted by Crippen LogP contribution is 2.26. The van der Waals surface area contributed by atoms with Crippen LogP contribution < -0.4 is 0 Å². The molecule has 3 rings (SSSR count). The van der Waals surface area contributed by atoms with Crippen LogP contribution in [0.1, 0.15) is 29.6 Å². The molecule has 0 bridgehead atoms. The number of aromatic nitrogens is 2. The van der Waals surface area contributed by atoms with E-state index in [4.69, 9.17) is 16.0 Å². The van der Waals surface area contributed by atoms with Crippen molar-refractivity contribution in [2.45, 2.75) is 19.9 Å². The summed E-state index contributed by atoms with van der Waals surface area (Å²) >= 11 is 9.60. The van der Waals surface area contributed by atoms with Gasteiger partial charge in [0, 0.05) is 11.0 Å². The minimum atomic E-state index is -0.0863. The number of amides is 1. The van der Waals surface area contributed by atoms with Crippen LogP contribution >= 0.6 is 27.5 Å². The van der Waals surface area contributed by atoms with E-state index in [1.807, 2.05) is 43.3 Å². The monoisotopic (exact) mass is 433 g/mol. The lowest BCUT2D eigenvalue weighted by Crippen LogP contribution is -2.31. The highest BCUT2D eigenvalue weighted by atomic mass is 79.9. The molecule has 0 atom stereocenters. The Hall–Kier alpha value is -2.18. The van der Waals surface area contributed by atoms with Gasteiger partial charge in [0.15, 0.2) is 0 Å². The van der Waals surface area contributed by atoms with Gasteiger partial charge in [0.05, 0.1) is 22.7 Å². The van der Waals surface area contributed by atoms with E-state index in [0.29, 0.717) is 34.5 Å². The lowest BCUT2D eigenvalue weighted by Gasteiger charge is -2.20. The molecular weight excluding hydrogens is 418 g/mol. The molecule has 134 valence electrons. The summed E-state index contributed by atoms with van der Waals surface area (Å²) in [6.45, 7) is 2.85. The molecule has 0 aliphatic carbocycles. The Bertz CT molecular complexity index is 913. The summed E-state index contributed by atoms with van der Waals surface area (Å²) in [5.74, 6) is 0.626. The normalized spacial score (nSPS) is 10.7. The van der Waals surface area contributed by atoms with Crippen LogP contribution in [0.15, 0.2) is 57.4 Å². The molecule has 1 heterocycles. The molecule has 3 aromatic rings. The summed E-state index contributed by atoms with van der Waals surface area (Å²) in [6.07, 6.45) is 0.821. The molecule has 7 heteroatoms. The van der Waals surface area contributed by atoms with Crippen LogP contribution in [0.4, 0.5) is 0 Å². The summed E-state index contributed by atoms with van der Waals surface area (Å²) in [7, 11) is 0. The Morgan fingerprint density at radius 2 is 1.88 bits per heavy atom. The fraction of sp³-hybridized carbons (Fsp3) is 0.211. The van der Waals surface area contributed by atoms with Gasteiger partial charge in [0.1, 0.15) is 0 Å². The van der Waals surface area contributed by atoms with Crippen molar-refractivity contribution in [2.75, 3.05) is 6.54 Å². The molecule has 0 aliphatic heterocycles. The average Bonchev–Trinajstić information content (AvgIpc) is 3.10. The Kier molecular flexibility index (Phi) is 6.06. The fourth-order valence-electron chi connectivity index (χ4n) is 2.55. The summed E-state index contributed by atoms with van der Waals surface area (Å²) in [6, 6.07) is 14.6. The van der Waals surface area contributed by atoms with E-state index in [9.17, 15) is 4.79 Å². The van der Waals surface area contributed by atoms with E-state index in [2.05, 4.69) is 26.1 Å². The lowest BCUT2D eigenvalue weighted by atomic mass is 10.2. The molecular formula is C19H17BrClN3O2. The standard InChI is InChI=1S/C19H17BrClN3O2/c1-2-11-24(19(25)13-7-3-5-9-15(13)20)12-17-22-23-18(26-17)14-8-4-6-10-16(14)21/h3-10H,2,11-12H2,1H3. The Morgan fingerprint density at radius 3 is 2.62 bits per heavy atom. The summed E-state index contributed by atoms with van der Waals surface area (Å²) in [4.78, 5) is 14.6. The molecule has 1 amide bonds. The van der Waals surface area contributed by atoms with Gasteiger partial charge >= 0.3 is 0 Å². The van der Waals surface area contributed by atoms with E-state index in [1.54, 1.807) is 17.0 Å². The highest BCUT2D eigenvalue weighted by molar-refractivity contribution is 9.10. The van der Waals surface area contributed by atoms with Crippen molar-refractivity contribution < 1.29 is 9.21 Å². The molecule has 0 radical (unpaired) electrons. The van der Waals surface area contributed by atoms with Gasteiger partial charge in [-0.15, -0.1) is 10.2 Å². The first kappa shape index (κ1) is 18.6. The maximum Gasteiger partial charge on any atom is 0.255 e. The molecule has 0 fully saturated rings. The van der Waals surface area contributed by atoms with E-state index < -0.39 is 0 Å². The van der Waals surface area contributed by atoms with Crippen molar-refractivity contribution in [3.63, 3.8) is 0 Å². The van der Waals surface area contributed by atoms with Gasteiger partial charge in [0.25, 0.3) is 5.91 Å². The van der Waals surface area contributed by atoms with E-state index in [0.717, 1.165) is 10.9 Å². The number of hydrogen-bond acceptors (Lipinski definition) is 4. The minimum absolute atomic E-state index is 0.0863. The van der Waals surface area contributed by atoms with Crippen LogP contribution in [0, 0.1) is 0 Å². The quantitative estimate of drug-likeness (QED) is 0.535. The largest absolute Gasteiger partial charge is 0.419 e. The molecule has 0 aliphatic rings. The molecule has 0 saturated heterocycles. The van der Waals surface area contributed by atoms with E-state index >= 15 is 0 Å². The third-order valence-corrected chi connectivity index (χ3v) is 4.80. The van der Waals surface area contributed by atoms with Crippen molar-refractivity contribution in [3.05, 3.63) is 69.5 Å². The number of carbonyl (C=O) groups is 1. The molecule has 1 aromatic heterocycles. The zero-order chi connectivity index (χ0) is 18.5. The van der Waals surface area contributed by atoms with Crippen LogP contribution in [0.2, 0.25) is 5.02 Å². The second-order valence-corrected chi connectivity index (χ2v) is 6.95. The smallest absolute Gasteiger partial charge is 0.255 e. The average molecular weight is 435 g/mol. The Balaban J connectivity index is 1.82. The first-order valence-corrected chi connectivity index (χ1v) is 9.38. The van der Waals surface area contributed by atoms with Crippen molar-refractivity contribution in [2.24, 2.45) is 0 Å². The minimum Gasteiger partial charge on any atom is -0.419 e. The third kappa shape index (κ3) is 4.14. The van der Waals surface area contributed by atoms with Crippen molar-refractivity contribution in [3.8, 4) is 11.5 Å². The lowest BCUT2D eigenvalue weighted by molar-refractivity contribution is 0.0727. The van der Waals surface area contributed by atoms with Crippen molar-refractivity contribution in [1.82, 2.24) is 15.1 Å². The summed E-state index contributed by atoms with van der Waals surface area (Å²) < 4.78 is 6.49. The van der Waals surface area contributed by atoms with Crippen molar-refractivity contribution >= 4 is 33.4 Å². The molecule has 2 aromatic carbocycles. The molecule has 0 N–H and O–H groups in total. The third-order valence-electron chi connectivity index (χ3n) is 3.78. The zero-order valence-corrected chi connectivity index (χ0v) is 16.5. The van der Waals surface area contributed by atoms with Gasteiger partial charge in [0.2, 0.25) is 11.8 Å². The first-order valence-electron chi connectivity index (χ1n) is 8.21. The summed E-state index contributed by atoms with van der Waals surface area (Å²) in [5.41, 5.74) is 1.28.